The molecule has 3 heterocycles. The zero-order valence-electron chi connectivity index (χ0n) is 14.4. The van der Waals surface area contributed by atoms with Gasteiger partial charge in [0, 0.05) is 38.5 Å². The van der Waals surface area contributed by atoms with Gasteiger partial charge in [-0.3, -0.25) is 9.59 Å². The summed E-state index contributed by atoms with van der Waals surface area (Å²) in [6, 6.07) is 3.00. The Balaban J connectivity index is 1.98. The molecule has 1 aliphatic heterocycles. The first-order chi connectivity index (χ1) is 11.4. The van der Waals surface area contributed by atoms with Gasteiger partial charge in [0.05, 0.1) is 24.4 Å². The predicted octanol–water partition coefficient (Wildman–Crippen LogP) is 1.41. The van der Waals surface area contributed by atoms with E-state index in [1.807, 2.05) is 18.9 Å². The average molecular weight is 330 g/mol. The Morgan fingerprint density at radius 2 is 2.12 bits per heavy atom. The van der Waals surface area contributed by atoms with E-state index in [4.69, 9.17) is 4.74 Å². The van der Waals surface area contributed by atoms with Crippen LogP contribution in [0.3, 0.4) is 0 Å². The van der Waals surface area contributed by atoms with Crippen LogP contribution in [-0.4, -0.2) is 38.8 Å². The van der Waals surface area contributed by atoms with Crippen LogP contribution in [0.15, 0.2) is 23.1 Å². The molecule has 1 amide bonds. The van der Waals surface area contributed by atoms with Gasteiger partial charge in [-0.05, 0) is 25.8 Å². The smallest absolute Gasteiger partial charge is 0.254 e. The van der Waals surface area contributed by atoms with E-state index in [9.17, 15) is 9.59 Å². The van der Waals surface area contributed by atoms with Crippen LogP contribution < -0.4 is 10.3 Å². The SMILES string of the molecule is COc1c([C@@H]2CCCN2C(=O)c2ccn(C)c(=O)c2)c(C)nn1C. The number of hydrogen-bond donors (Lipinski definition) is 0. The molecule has 0 aliphatic carbocycles. The number of carbonyl (C=O) groups is 1. The van der Waals surface area contributed by atoms with Crippen LogP contribution in [0.5, 0.6) is 5.88 Å². The normalized spacial score (nSPS) is 17.3. The van der Waals surface area contributed by atoms with E-state index in [-0.39, 0.29) is 17.5 Å². The van der Waals surface area contributed by atoms with Gasteiger partial charge < -0.3 is 14.2 Å². The Morgan fingerprint density at radius 3 is 2.79 bits per heavy atom. The maximum atomic E-state index is 12.9. The molecule has 7 heteroatoms. The van der Waals surface area contributed by atoms with Crippen molar-refractivity contribution in [3.8, 4) is 5.88 Å². The molecule has 0 bridgehead atoms. The van der Waals surface area contributed by atoms with Gasteiger partial charge in [0.1, 0.15) is 0 Å². The van der Waals surface area contributed by atoms with Crippen molar-refractivity contribution in [2.75, 3.05) is 13.7 Å². The van der Waals surface area contributed by atoms with Gasteiger partial charge in [-0.2, -0.15) is 5.10 Å². The number of rotatable bonds is 3. The highest BCUT2D eigenvalue weighted by molar-refractivity contribution is 5.94. The third-order valence-corrected chi connectivity index (χ3v) is 4.61. The van der Waals surface area contributed by atoms with Crippen LogP contribution >= 0.6 is 0 Å². The number of nitrogens with zero attached hydrogens (tertiary/aromatic N) is 4. The molecule has 0 unspecified atom stereocenters. The summed E-state index contributed by atoms with van der Waals surface area (Å²) < 4.78 is 8.64. The Labute approximate surface area is 140 Å². The van der Waals surface area contributed by atoms with E-state index in [1.54, 1.807) is 31.1 Å². The van der Waals surface area contributed by atoms with Crippen molar-refractivity contribution in [3.05, 3.63) is 45.5 Å². The van der Waals surface area contributed by atoms with E-state index in [2.05, 4.69) is 5.10 Å². The number of amides is 1. The van der Waals surface area contributed by atoms with Crippen LogP contribution in [0, 0.1) is 6.92 Å². The fraction of sp³-hybridized carbons (Fsp3) is 0.471. The Hall–Kier alpha value is -2.57. The quantitative estimate of drug-likeness (QED) is 0.853. The summed E-state index contributed by atoms with van der Waals surface area (Å²) in [5.74, 6) is 0.557. The molecule has 0 saturated carbocycles. The molecule has 1 aliphatic rings. The molecular formula is C17H22N4O3. The third kappa shape index (κ3) is 2.60. The molecule has 0 radical (unpaired) electrons. The Bertz CT molecular complexity index is 837. The van der Waals surface area contributed by atoms with Crippen LogP contribution in [0.2, 0.25) is 0 Å². The first-order valence-electron chi connectivity index (χ1n) is 7.99. The first kappa shape index (κ1) is 16.3. The molecule has 0 aromatic carbocycles. The summed E-state index contributed by atoms with van der Waals surface area (Å²) in [6.45, 7) is 2.59. The van der Waals surface area contributed by atoms with Crippen LogP contribution in [0.4, 0.5) is 0 Å². The summed E-state index contributed by atoms with van der Waals surface area (Å²) in [6.07, 6.45) is 3.40. The van der Waals surface area contributed by atoms with Gasteiger partial charge >= 0.3 is 0 Å². The fourth-order valence-corrected chi connectivity index (χ4v) is 3.44. The summed E-state index contributed by atoms with van der Waals surface area (Å²) in [7, 11) is 5.11. The van der Waals surface area contributed by atoms with Crippen molar-refractivity contribution in [2.45, 2.75) is 25.8 Å². The molecule has 0 spiro atoms. The van der Waals surface area contributed by atoms with Gasteiger partial charge in [0.25, 0.3) is 11.5 Å². The maximum absolute atomic E-state index is 12.9. The van der Waals surface area contributed by atoms with E-state index in [0.717, 1.165) is 24.1 Å². The number of ether oxygens (including phenoxy) is 1. The molecule has 2 aromatic rings. The highest BCUT2D eigenvalue weighted by Gasteiger charge is 2.35. The number of aromatic nitrogens is 3. The van der Waals surface area contributed by atoms with E-state index in [1.165, 1.54) is 10.6 Å². The molecule has 24 heavy (non-hydrogen) atoms. The minimum atomic E-state index is -0.188. The highest BCUT2D eigenvalue weighted by atomic mass is 16.5. The average Bonchev–Trinajstić information content (AvgIpc) is 3.12. The molecule has 128 valence electrons. The topological polar surface area (TPSA) is 69.4 Å². The summed E-state index contributed by atoms with van der Waals surface area (Å²) in [5, 5.41) is 4.42. The minimum Gasteiger partial charge on any atom is -0.481 e. The lowest BCUT2D eigenvalue weighted by atomic mass is 10.0. The summed E-state index contributed by atoms with van der Waals surface area (Å²) >= 11 is 0. The van der Waals surface area contributed by atoms with Gasteiger partial charge in [0.2, 0.25) is 5.88 Å². The zero-order chi connectivity index (χ0) is 17.4. The Kier molecular flexibility index (Phi) is 4.17. The van der Waals surface area contributed by atoms with E-state index >= 15 is 0 Å². The van der Waals surface area contributed by atoms with Crippen molar-refractivity contribution < 1.29 is 9.53 Å². The van der Waals surface area contributed by atoms with Gasteiger partial charge in [-0.1, -0.05) is 0 Å². The zero-order valence-corrected chi connectivity index (χ0v) is 14.4. The first-order valence-corrected chi connectivity index (χ1v) is 7.99. The van der Waals surface area contributed by atoms with Crippen LogP contribution in [0.25, 0.3) is 0 Å². The molecule has 2 aromatic heterocycles. The standard InChI is InChI=1S/C17H22N4O3/c1-11-15(17(24-4)20(3)18-11)13-6-5-8-21(13)16(23)12-7-9-19(2)14(22)10-12/h7,9-10,13H,5-6,8H2,1-4H3/t13-/m0/s1. The molecule has 1 fully saturated rings. The molecule has 1 atom stereocenters. The van der Waals surface area contributed by atoms with Crippen molar-refractivity contribution in [1.29, 1.82) is 0 Å². The largest absolute Gasteiger partial charge is 0.481 e. The highest BCUT2D eigenvalue weighted by Crippen LogP contribution is 2.39. The lowest BCUT2D eigenvalue weighted by molar-refractivity contribution is 0.0733. The van der Waals surface area contributed by atoms with Crippen molar-refractivity contribution in [1.82, 2.24) is 19.2 Å². The number of aryl methyl sites for hydroxylation is 3. The van der Waals surface area contributed by atoms with Crippen LogP contribution in [-0.2, 0) is 14.1 Å². The molecule has 0 N–H and O–H groups in total. The Morgan fingerprint density at radius 1 is 1.38 bits per heavy atom. The summed E-state index contributed by atoms with van der Waals surface area (Å²) in [4.78, 5) is 26.6. The minimum absolute atomic E-state index is 0.0785. The molecular weight excluding hydrogens is 308 g/mol. The second-order valence-electron chi connectivity index (χ2n) is 6.15. The third-order valence-electron chi connectivity index (χ3n) is 4.61. The summed E-state index contributed by atoms with van der Waals surface area (Å²) in [5.41, 5.74) is 2.05. The fourth-order valence-electron chi connectivity index (χ4n) is 3.44. The van der Waals surface area contributed by atoms with Crippen molar-refractivity contribution in [2.24, 2.45) is 14.1 Å². The van der Waals surface area contributed by atoms with E-state index < -0.39 is 0 Å². The number of hydrogen-bond acceptors (Lipinski definition) is 4. The van der Waals surface area contributed by atoms with Gasteiger partial charge in [-0.15, -0.1) is 0 Å². The molecule has 3 rings (SSSR count). The molecule has 1 saturated heterocycles. The monoisotopic (exact) mass is 330 g/mol. The van der Waals surface area contributed by atoms with Gasteiger partial charge in [-0.25, -0.2) is 4.68 Å². The number of likely N-dealkylation sites (tertiary alicyclic amines) is 1. The molecule has 7 nitrogen and oxygen atoms in total. The number of methoxy groups -OCH3 is 1. The van der Waals surface area contributed by atoms with Crippen molar-refractivity contribution in [3.63, 3.8) is 0 Å². The van der Waals surface area contributed by atoms with E-state index in [0.29, 0.717) is 18.0 Å². The number of pyridine rings is 1. The lowest BCUT2D eigenvalue weighted by Crippen LogP contribution is -2.32. The van der Waals surface area contributed by atoms with Crippen LogP contribution in [0.1, 0.15) is 40.5 Å². The van der Waals surface area contributed by atoms with Gasteiger partial charge in [0.15, 0.2) is 0 Å². The maximum Gasteiger partial charge on any atom is 0.254 e. The number of carbonyl (C=O) groups excluding carboxylic acids is 1. The second kappa shape index (κ2) is 6.14. The lowest BCUT2D eigenvalue weighted by Gasteiger charge is -2.25. The second-order valence-corrected chi connectivity index (χ2v) is 6.15. The predicted molar refractivity (Wildman–Crippen MR) is 89.2 cm³/mol. The van der Waals surface area contributed by atoms with Crippen molar-refractivity contribution >= 4 is 5.91 Å².